The fourth-order valence-corrected chi connectivity index (χ4v) is 3.14. The van der Waals surface area contributed by atoms with Crippen molar-refractivity contribution in [3.05, 3.63) is 58.9 Å². The lowest BCUT2D eigenvalue weighted by Crippen LogP contribution is -2.14. The highest BCUT2D eigenvalue weighted by Crippen LogP contribution is 2.35. The Morgan fingerprint density at radius 2 is 1.82 bits per heavy atom. The number of nitrogens with zero attached hydrogens (tertiary/aromatic N) is 4. The zero-order valence-corrected chi connectivity index (χ0v) is 15.8. The molecule has 0 fully saturated rings. The maximum atomic E-state index is 13.3. The van der Waals surface area contributed by atoms with Crippen LogP contribution in [0.4, 0.5) is 13.2 Å². The zero-order chi connectivity index (χ0) is 20.5. The Kier molecular flexibility index (Phi) is 5.31. The number of benzene rings is 2. The third kappa shape index (κ3) is 4.42. The van der Waals surface area contributed by atoms with Crippen molar-refractivity contribution in [2.45, 2.75) is 17.7 Å². The van der Waals surface area contributed by atoms with Gasteiger partial charge in [0.1, 0.15) is 12.4 Å². The molecule has 1 heterocycles. The fourth-order valence-electron chi connectivity index (χ4n) is 2.33. The molecule has 0 radical (unpaired) electrons. The summed E-state index contributed by atoms with van der Waals surface area (Å²) in [6, 6.07) is 8.80. The van der Waals surface area contributed by atoms with Crippen LogP contribution < -0.4 is 4.74 Å². The minimum absolute atomic E-state index is 0.0139. The van der Waals surface area contributed by atoms with E-state index in [9.17, 15) is 21.6 Å². The highest BCUT2D eigenvalue weighted by molar-refractivity contribution is 7.90. The van der Waals surface area contributed by atoms with Gasteiger partial charge in [0.2, 0.25) is 0 Å². The molecule has 0 aliphatic carbocycles. The normalized spacial score (nSPS) is 12.2. The molecule has 0 aliphatic rings. The van der Waals surface area contributed by atoms with Crippen LogP contribution in [0.5, 0.6) is 5.75 Å². The van der Waals surface area contributed by atoms with Crippen molar-refractivity contribution in [2.75, 3.05) is 6.26 Å². The highest BCUT2D eigenvalue weighted by atomic mass is 35.5. The van der Waals surface area contributed by atoms with E-state index in [4.69, 9.17) is 16.3 Å². The second kappa shape index (κ2) is 7.40. The molecule has 0 bridgehead atoms. The summed E-state index contributed by atoms with van der Waals surface area (Å²) in [5.74, 6) is 0.314. The lowest BCUT2D eigenvalue weighted by atomic mass is 10.1. The van der Waals surface area contributed by atoms with Crippen molar-refractivity contribution < 1.29 is 26.3 Å². The number of tetrazole rings is 1. The molecule has 0 saturated carbocycles. The lowest BCUT2D eigenvalue weighted by molar-refractivity contribution is -0.137. The first-order valence-electron chi connectivity index (χ1n) is 7.63. The molecule has 28 heavy (non-hydrogen) atoms. The molecule has 1 aromatic heterocycles. The van der Waals surface area contributed by atoms with E-state index < -0.39 is 21.6 Å². The molecule has 3 rings (SSSR count). The number of rotatable bonds is 5. The standard InChI is InChI=1S/C16H12ClF3N4O3S/c1-28(25,26)12-5-3-11(4-6-12)27-9-15-21-22-23-24(15)14-7-2-10(17)8-13(14)16(18,19)20/h2-8H,9H2,1H3. The summed E-state index contributed by atoms with van der Waals surface area (Å²) in [5, 5.41) is 10.6. The van der Waals surface area contributed by atoms with Gasteiger partial charge in [0.15, 0.2) is 15.7 Å². The average molecular weight is 433 g/mol. The van der Waals surface area contributed by atoms with Crippen molar-refractivity contribution in [1.82, 2.24) is 20.2 Å². The van der Waals surface area contributed by atoms with Crippen LogP contribution in [0, 0.1) is 0 Å². The number of ether oxygens (including phenoxy) is 1. The molecule has 0 saturated heterocycles. The van der Waals surface area contributed by atoms with Crippen LogP contribution in [0.1, 0.15) is 11.4 Å². The first-order chi connectivity index (χ1) is 13.1. The van der Waals surface area contributed by atoms with Crippen molar-refractivity contribution in [3.63, 3.8) is 0 Å². The summed E-state index contributed by atoms with van der Waals surface area (Å²) < 4.78 is 69.2. The minimum atomic E-state index is -4.66. The molecular weight excluding hydrogens is 421 g/mol. The number of halogens is 4. The van der Waals surface area contributed by atoms with E-state index >= 15 is 0 Å². The molecule has 0 N–H and O–H groups in total. The van der Waals surface area contributed by atoms with E-state index in [2.05, 4.69) is 15.5 Å². The van der Waals surface area contributed by atoms with Crippen LogP contribution in [0.25, 0.3) is 5.69 Å². The van der Waals surface area contributed by atoms with E-state index in [-0.39, 0.29) is 28.0 Å². The molecule has 0 spiro atoms. The number of hydrogen-bond acceptors (Lipinski definition) is 6. The molecule has 3 aromatic rings. The molecule has 2 aromatic carbocycles. The molecule has 7 nitrogen and oxygen atoms in total. The van der Waals surface area contributed by atoms with Gasteiger partial charge in [-0.1, -0.05) is 11.6 Å². The smallest absolute Gasteiger partial charge is 0.418 e. The first kappa shape index (κ1) is 20.1. The van der Waals surface area contributed by atoms with E-state index in [0.717, 1.165) is 23.1 Å². The number of hydrogen-bond donors (Lipinski definition) is 0. The molecule has 0 unspecified atom stereocenters. The van der Waals surface area contributed by atoms with Crippen LogP contribution in [0.2, 0.25) is 5.02 Å². The van der Waals surface area contributed by atoms with Gasteiger partial charge in [-0.15, -0.1) is 5.10 Å². The van der Waals surface area contributed by atoms with Gasteiger partial charge in [-0.3, -0.25) is 0 Å². The van der Waals surface area contributed by atoms with Gasteiger partial charge in [0.05, 0.1) is 16.1 Å². The Labute approximate surface area is 162 Å². The van der Waals surface area contributed by atoms with Gasteiger partial charge in [-0.2, -0.15) is 17.9 Å². The van der Waals surface area contributed by atoms with Crippen molar-refractivity contribution in [3.8, 4) is 11.4 Å². The summed E-state index contributed by atoms with van der Waals surface area (Å²) >= 11 is 5.68. The minimum Gasteiger partial charge on any atom is -0.486 e. The summed E-state index contributed by atoms with van der Waals surface area (Å²) in [6.07, 6.45) is -3.59. The highest BCUT2D eigenvalue weighted by Gasteiger charge is 2.35. The average Bonchev–Trinajstić information content (AvgIpc) is 3.07. The number of alkyl halides is 3. The topological polar surface area (TPSA) is 87.0 Å². The number of sulfone groups is 1. The van der Waals surface area contributed by atoms with Crippen molar-refractivity contribution in [2.24, 2.45) is 0 Å². The number of aromatic nitrogens is 4. The molecule has 0 aliphatic heterocycles. The largest absolute Gasteiger partial charge is 0.486 e. The van der Waals surface area contributed by atoms with E-state index in [1.165, 1.54) is 30.3 Å². The fraction of sp³-hybridized carbons (Fsp3) is 0.188. The van der Waals surface area contributed by atoms with E-state index in [1.54, 1.807) is 0 Å². The summed E-state index contributed by atoms with van der Waals surface area (Å²) in [5.41, 5.74) is -1.29. The molecule has 148 valence electrons. The Balaban J connectivity index is 1.86. The van der Waals surface area contributed by atoms with Crippen molar-refractivity contribution in [1.29, 1.82) is 0 Å². The second-order valence-electron chi connectivity index (χ2n) is 5.70. The van der Waals surface area contributed by atoms with E-state index in [1.807, 2.05) is 0 Å². The van der Waals surface area contributed by atoms with Gasteiger partial charge in [0.25, 0.3) is 0 Å². The second-order valence-corrected chi connectivity index (χ2v) is 8.15. The summed E-state index contributed by atoms with van der Waals surface area (Å²) in [7, 11) is -3.35. The Morgan fingerprint density at radius 1 is 1.14 bits per heavy atom. The predicted octanol–water partition coefficient (Wildman–Crippen LogP) is 3.32. The molecular formula is C16H12ClF3N4O3S. The van der Waals surface area contributed by atoms with Gasteiger partial charge >= 0.3 is 6.18 Å². The SMILES string of the molecule is CS(=O)(=O)c1ccc(OCc2nnnn2-c2ccc(Cl)cc2C(F)(F)F)cc1. The monoisotopic (exact) mass is 432 g/mol. The Hall–Kier alpha value is -2.66. The lowest BCUT2D eigenvalue weighted by Gasteiger charge is -2.14. The summed E-state index contributed by atoms with van der Waals surface area (Å²) in [4.78, 5) is 0.112. The van der Waals surface area contributed by atoms with Crippen LogP contribution >= 0.6 is 11.6 Å². The third-order valence-corrected chi connectivity index (χ3v) is 5.01. The maximum absolute atomic E-state index is 13.3. The first-order valence-corrected chi connectivity index (χ1v) is 9.90. The van der Waals surface area contributed by atoms with Crippen LogP contribution in [-0.4, -0.2) is 34.9 Å². The summed E-state index contributed by atoms with van der Waals surface area (Å²) in [6.45, 7) is -0.245. The predicted molar refractivity (Wildman–Crippen MR) is 93.0 cm³/mol. The van der Waals surface area contributed by atoms with Crippen LogP contribution in [-0.2, 0) is 22.6 Å². The van der Waals surface area contributed by atoms with Crippen LogP contribution in [0.3, 0.4) is 0 Å². The van der Waals surface area contributed by atoms with E-state index in [0.29, 0.717) is 5.75 Å². The Morgan fingerprint density at radius 3 is 2.43 bits per heavy atom. The molecule has 0 atom stereocenters. The van der Waals surface area contributed by atoms with Gasteiger partial charge < -0.3 is 4.74 Å². The zero-order valence-electron chi connectivity index (χ0n) is 14.2. The maximum Gasteiger partial charge on any atom is 0.418 e. The van der Waals surface area contributed by atoms with Gasteiger partial charge in [-0.25, -0.2) is 8.42 Å². The third-order valence-electron chi connectivity index (χ3n) is 3.65. The Bertz CT molecular complexity index is 1100. The van der Waals surface area contributed by atoms with Gasteiger partial charge in [0, 0.05) is 11.3 Å². The molecule has 0 amide bonds. The van der Waals surface area contributed by atoms with Gasteiger partial charge in [-0.05, 0) is 52.9 Å². The van der Waals surface area contributed by atoms with Crippen LogP contribution in [0.15, 0.2) is 47.4 Å². The molecule has 12 heteroatoms. The quantitative estimate of drug-likeness (QED) is 0.614. The van der Waals surface area contributed by atoms with Crippen molar-refractivity contribution >= 4 is 21.4 Å².